The number of anilines is 2. The highest BCUT2D eigenvalue weighted by Gasteiger charge is 2.33. The summed E-state index contributed by atoms with van der Waals surface area (Å²) in [6.07, 6.45) is -0.380. The van der Waals surface area contributed by atoms with E-state index in [9.17, 15) is 9.90 Å². The van der Waals surface area contributed by atoms with Crippen LogP contribution in [0.25, 0.3) is 11.3 Å². The molecule has 1 fully saturated rings. The number of piperazine rings is 1. The standard InChI is InChI=1S/C22H30N6O3/c1-22(2,3)31-21(30)23-8-9-27-10-11-28-15(14-27)13-24-20-18(28)12-17(25-26-20)16-6-4-5-7-19(16)29/h4-7,12,15,29H,8-11,13-14H2,1-3H3,(H,23,30)(H,24,26)/t15-/m0/s1. The number of amides is 1. The second-order valence-corrected chi connectivity index (χ2v) is 8.94. The number of phenols is 1. The fourth-order valence-electron chi connectivity index (χ4n) is 4.01. The number of nitrogens with one attached hydrogen (secondary N) is 2. The number of carbonyl (C=O) groups is 1. The zero-order chi connectivity index (χ0) is 22.0. The van der Waals surface area contributed by atoms with Crippen LogP contribution in [0.4, 0.5) is 16.3 Å². The molecule has 9 heteroatoms. The molecule has 31 heavy (non-hydrogen) atoms. The van der Waals surface area contributed by atoms with Crippen molar-refractivity contribution in [1.82, 2.24) is 20.4 Å². The summed E-state index contributed by atoms with van der Waals surface area (Å²) in [5, 5.41) is 25.0. The summed E-state index contributed by atoms with van der Waals surface area (Å²) < 4.78 is 5.29. The zero-order valence-corrected chi connectivity index (χ0v) is 18.3. The van der Waals surface area contributed by atoms with Crippen molar-refractivity contribution in [3.8, 4) is 17.0 Å². The third-order valence-electron chi connectivity index (χ3n) is 5.43. The number of ether oxygens (including phenoxy) is 1. The normalized spacial score (nSPS) is 18.5. The quantitative estimate of drug-likeness (QED) is 0.684. The van der Waals surface area contributed by atoms with Crippen LogP contribution in [-0.2, 0) is 4.74 Å². The highest BCUT2D eigenvalue weighted by Crippen LogP contribution is 2.35. The van der Waals surface area contributed by atoms with Gasteiger partial charge in [-0.2, -0.15) is 0 Å². The molecule has 2 aliphatic heterocycles. The van der Waals surface area contributed by atoms with Crippen molar-refractivity contribution in [1.29, 1.82) is 0 Å². The van der Waals surface area contributed by atoms with Gasteiger partial charge in [-0.3, -0.25) is 4.90 Å². The number of para-hydroxylation sites is 1. The van der Waals surface area contributed by atoms with Crippen molar-refractivity contribution in [2.24, 2.45) is 0 Å². The Hall–Kier alpha value is -3.07. The van der Waals surface area contributed by atoms with Gasteiger partial charge in [0.2, 0.25) is 0 Å². The fourth-order valence-corrected chi connectivity index (χ4v) is 4.01. The summed E-state index contributed by atoms with van der Waals surface area (Å²) >= 11 is 0. The second-order valence-electron chi connectivity index (χ2n) is 8.94. The first-order chi connectivity index (χ1) is 14.8. The van der Waals surface area contributed by atoms with E-state index < -0.39 is 5.60 Å². The largest absolute Gasteiger partial charge is 0.507 e. The molecule has 0 unspecified atom stereocenters. The third kappa shape index (κ3) is 4.99. The van der Waals surface area contributed by atoms with Gasteiger partial charge in [0, 0.05) is 44.8 Å². The Morgan fingerprint density at radius 2 is 2.10 bits per heavy atom. The number of aromatic hydroxyl groups is 1. The van der Waals surface area contributed by atoms with Gasteiger partial charge in [-0.15, -0.1) is 10.2 Å². The lowest BCUT2D eigenvalue weighted by Gasteiger charge is -2.45. The van der Waals surface area contributed by atoms with E-state index in [1.165, 1.54) is 0 Å². The topological polar surface area (TPSA) is 103 Å². The summed E-state index contributed by atoms with van der Waals surface area (Å²) in [7, 11) is 0. The third-order valence-corrected chi connectivity index (χ3v) is 5.43. The second kappa shape index (κ2) is 8.58. The number of benzene rings is 1. The van der Waals surface area contributed by atoms with E-state index in [0.29, 0.717) is 23.8 Å². The summed E-state index contributed by atoms with van der Waals surface area (Å²) in [5.41, 5.74) is 1.85. The van der Waals surface area contributed by atoms with Crippen LogP contribution in [0.15, 0.2) is 30.3 Å². The molecule has 3 heterocycles. The average Bonchev–Trinajstić information content (AvgIpc) is 2.72. The maximum absolute atomic E-state index is 11.8. The minimum absolute atomic E-state index is 0.194. The van der Waals surface area contributed by atoms with Gasteiger partial charge >= 0.3 is 6.09 Å². The smallest absolute Gasteiger partial charge is 0.407 e. The van der Waals surface area contributed by atoms with Crippen molar-refractivity contribution in [3.05, 3.63) is 30.3 Å². The number of hydrogen-bond acceptors (Lipinski definition) is 8. The zero-order valence-electron chi connectivity index (χ0n) is 18.3. The number of fused-ring (bicyclic) bond motifs is 3. The van der Waals surface area contributed by atoms with Crippen molar-refractivity contribution in [3.63, 3.8) is 0 Å². The van der Waals surface area contributed by atoms with Gasteiger partial charge in [0.25, 0.3) is 0 Å². The molecule has 0 saturated carbocycles. The van der Waals surface area contributed by atoms with E-state index in [2.05, 4.69) is 30.6 Å². The van der Waals surface area contributed by atoms with E-state index >= 15 is 0 Å². The molecule has 0 aliphatic carbocycles. The maximum Gasteiger partial charge on any atom is 0.407 e. The molecule has 166 valence electrons. The molecule has 1 saturated heterocycles. The van der Waals surface area contributed by atoms with Crippen molar-refractivity contribution in [2.75, 3.05) is 49.5 Å². The molecule has 0 radical (unpaired) electrons. The van der Waals surface area contributed by atoms with E-state index in [-0.39, 0.29) is 11.8 Å². The first-order valence-electron chi connectivity index (χ1n) is 10.7. The number of carbonyl (C=O) groups excluding carboxylic acids is 1. The van der Waals surface area contributed by atoms with E-state index in [1.807, 2.05) is 39.0 Å². The van der Waals surface area contributed by atoms with Crippen LogP contribution in [-0.4, -0.2) is 77.2 Å². The lowest BCUT2D eigenvalue weighted by atomic mass is 10.1. The first kappa shape index (κ1) is 21.2. The molecule has 0 spiro atoms. The van der Waals surface area contributed by atoms with Crippen LogP contribution in [0.1, 0.15) is 20.8 Å². The van der Waals surface area contributed by atoms with Crippen LogP contribution in [0.2, 0.25) is 0 Å². The number of hydrogen-bond donors (Lipinski definition) is 3. The van der Waals surface area contributed by atoms with Gasteiger partial charge in [-0.1, -0.05) is 12.1 Å². The summed E-state index contributed by atoms with van der Waals surface area (Å²) in [6.45, 7) is 10.3. The molecule has 1 atom stereocenters. The van der Waals surface area contributed by atoms with Crippen LogP contribution >= 0.6 is 0 Å². The molecule has 4 rings (SSSR count). The fraction of sp³-hybridized carbons (Fsp3) is 0.500. The Morgan fingerprint density at radius 3 is 2.87 bits per heavy atom. The Labute approximate surface area is 182 Å². The van der Waals surface area contributed by atoms with Crippen molar-refractivity contribution < 1.29 is 14.6 Å². The predicted molar refractivity (Wildman–Crippen MR) is 119 cm³/mol. The van der Waals surface area contributed by atoms with Crippen molar-refractivity contribution >= 4 is 17.6 Å². The number of alkyl carbamates (subject to hydrolysis) is 1. The first-order valence-corrected chi connectivity index (χ1v) is 10.7. The van der Waals surface area contributed by atoms with E-state index in [0.717, 1.165) is 44.2 Å². The Morgan fingerprint density at radius 1 is 1.29 bits per heavy atom. The molecule has 1 amide bonds. The molecule has 1 aromatic heterocycles. The number of phenolic OH excluding ortho intramolecular Hbond substituents is 1. The maximum atomic E-state index is 11.8. The minimum Gasteiger partial charge on any atom is -0.507 e. The van der Waals surface area contributed by atoms with Gasteiger partial charge in [0.1, 0.15) is 11.4 Å². The van der Waals surface area contributed by atoms with Crippen LogP contribution in [0.3, 0.4) is 0 Å². The molecular weight excluding hydrogens is 396 g/mol. The Balaban J connectivity index is 1.38. The summed E-state index contributed by atoms with van der Waals surface area (Å²) in [5.74, 6) is 0.967. The van der Waals surface area contributed by atoms with Gasteiger partial charge in [-0.25, -0.2) is 4.79 Å². The average molecular weight is 427 g/mol. The van der Waals surface area contributed by atoms with Gasteiger partial charge in [0.15, 0.2) is 5.82 Å². The van der Waals surface area contributed by atoms with Gasteiger partial charge in [0.05, 0.1) is 17.4 Å². The lowest BCUT2D eigenvalue weighted by Crippen LogP contribution is -2.58. The molecule has 0 bridgehead atoms. The van der Waals surface area contributed by atoms with Crippen molar-refractivity contribution in [2.45, 2.75) is 32.4 Å². The molecule has 2 aromatic rings. The van der Waals surface area contributed by atoms with Crippen LogP contribution in [0, 0.1) is 0 Å². The highest BCUT2D eigenvalue weighted by atomic mass is 16.6. The van der Waals surface area contributed by atoms with Gasteiger partial charge < -0.3 is 25.4 Å². The monoisotopic (exact) mass is 426 g/mol. The Kier molecular flexibility index (Phi) is 5.86. The minimum atomic E-state index is -0.491. The Bertz CT molecular complexity index is 945. The number of nitrogens with zero attached hydrogens (tertiary/aromatic N) is 4. The summed E-state index contributed by atoms with van der Waals surface area (Å²) in [4.78, 5) is 16.6. The molecule has 2 aliphatic rings. The molecule has 9 nitrogen and oxygen atoms in total. The number of rotatable bonds is 4. The predicted octanol–water partition coefficient (Wildman–Crippen LogP) is 2.29. The van der Waals surface area contributed by atoms with E-state index in [1.54, 1.807) is 12.1 Å². The molecular formula is C22H30N6O3. The molecule has 3 N–H and O–H groups in total. The number of aromatic nitrogens is 2. The SMILES string of the molecule is CC(C)(C)OC(=O)NCCN1CCN2c3cc(-c4ccccc4O)nnc3NC[C@H]2C1. The van der Waals surface area contributed by atoms with Crippen LogP contribution in [0.5, 0.6) is 5.75 Å². The van der Waals surface area contributed by atoms with E-state index in [4.69, 9.17) is 4.74 Å². The lowest BCUT2D eigenvalue weighted by molar-refractivity contribution is 0.0520. The van der Waals surface area contributed by atoms with Gasteiger partial charge in [-0.05, 0) is 39.0 Å². The van der Waals surface area contributed by atoms with Crippen LogP contribution < -0.4 is 15.5 Å². The highest BCUT2D eigenvalue weighted by molar-refractivity contribution is 5.76. The molecule has 1 aromatic carbocycles. The summed E-state index contributed by atoms with van der Waals surface area (Å²) in [6, 6.07) is 9.46.